The molecule has 0 radical (unpaired) electrons. The maximum Gasteiger partial charge on any atom is 0.0669 e. The first-order chi connectivity index (χ1) is 8.28. The van der Waals surface area contributed by atoms with Crippen LogP contribution in [-0.2, 0) is 4.74 Å². The van der Waals surface area contributed by atoms with Crippen molar-refractivity contribution in [3.8, 4) is 12.1 Å². The number of hydrogen-bond acceptors (Lipinski definition) is 4. The van der Waals surface area contributed by atoms with E-state index in [-0.39, 0.29) is 5.92 Å². The highest BCUT2D eigenvalue weighted by molar-refractivity contribution is 4.95. The largest absolute Gasteiger partial charge is 0.381 e. The predicted octanol–water partition coefficient (Wildman–Crippen LogP) is 1.54. The molecular weight excluding hydrogens is 214 g/mol. The monoisotopic (exact) mass is 233 g/mol. The van der Waals surface area contributed by atoms with Gasteiger partial charge in [-0.1, -0.05) is 0 Å². The van der Waals surface area contributed by atoms with Gasteiger partial charge in [0.05, 0.1) is 24.7 Å². The molecule has 0 aromatic rings. The summed E-state index contributed by atoms with van der Waals surface area (Å²) >= 11 is 0. The van der Waals surface area contributed by atoms with E-state index in [0.717, 1.165) is 32.8 Å². The average molecular weight is 233 g/mol. The minimum Gasteiger partial charge on any atom is -0.381 e. The van der Waals surface area contributed by atoms with Crippen molar-refractivity contribution in [3.63, 3.8) is 0 Å². The molecular formula is C13H19N3O. The molecule has 2 heterocycles. The number of nitriles is 2. The van der Waals surface area contributed by atoms with Crippen LogP contribution in [0.2, 0.25) is 0 Å². The van der Waals surface area contributed by atoms with Crippen LogP contribution in [0.4, 0.5) is 0 Å². The van der Waals surface area contributed by atoms with Crippen LogP contribution < -0.4 is 0 Å². The minimum atomic E-state index is 0.00659. The van der Waals surface area contributed by atoms with Crippen LogP contribution >= 0.6 is 0 Å². The molecule has 0 aliphatic carbocycles. The van der Waals surface area contributed by atoms with Crippen molar-refractivity contribution in [2.75, 3.05) is 32.8 Å². The molecule has 1 spiro atoms. The van der Waals surface area contributed by atoms with Gasteiger partial charge in [-0.25, -0.2) is 0 Å². The zero-order valence-electron chi connectivity index (χ0n) is 10.2. The second-order valence-electron chi connectivity index (χ2n) is 5.31. The molecule has 2 rings (SSSR count). The van der Waals surface area contributed by atoms with Crippen molar-refractivity contribution in [1.82, 2.24) is 4.90 Å². The molecule has 2 atom stereocenters. The van der Waals surface area contributed by atoms with Gasteiger partial charge >= 0.3 is 0 Å². The molecule has 4 nitrogen and oxygen atoms in total. The SMILES string of the molecule is N#CCC[C@@H](C#N)CN1CC[C@@]2(CCOC2)C1. The lowest BCUT2D eigenvalue weighted by Gasteiger charge is -2.23. The van der Waals surface area contributed by atoms with E-state index in [1.807, 2.05) is 0 Å². The molecule has 2 saturated heterocycles. The Morgan fingerprint density at radius 3 is 2.88 bits per heavy atom. The fourth-order valence-corrected chi connectivity index (χ4v) is 2.90. The summed E-state index contributed by atoms with van der Waals surface area (Å²) in [6.07, 6.45) is 3.55. The van der Waals surface area contributed by atoms with Gasteiger partial charge in [0.2, 0.25) is 0 Å². The third-order valence-electron chi connectivity index (χ3n) is 3.97. The van der Waals surface area contributed by atoms with Gasteiger partial charge < -0.3 is 9.64 Å². The molecule has 0 unspecified atom stereocenters. The molecule has 0 aromatic heterocycles. The van der Waals surface area contributed by atoms with Crippen molar-refractivity contribution in [3.05, 3.63) is 0 Å². The maximum absolute atomic E-state index is 9.06. The average Bonchev–Trinajstić information content (AvgIpc) is 2.96. The zero-order valence-corrected chi connectivity index (χ0v) is 10.2. The normalized spacial score (nSPS) is 30.2. The fourth-order valence-electron chi connectivity index (χ4n) is 2.90. The van der Waals surface area contributed by atoms with E-state index in [1.165, 1.54) is 12.8 Å². The van der Waals surface area contributed by atoms with Crippen molar-refractivity contribution in [2.45, 2.75) is 25.7 Å². The third-order valence-corrected chi connectivity index (χ3v) is 3.97. The summed E-state index contributed by atoms with van der Waals surface area (Å²) in [5, 5.41) is 17.6. The van der Waals surface area contributed by atoms with Gasteiger partial charge in [-0.15, -0.1) is 0 Å². The van der Waals surface area contributed by atoms with E-state index < -0.39 is 0 Å². The smallest absolute Gasteiger partial charge is 0.0669 e. The predicted molar refractivity (Wildman–Crippen MR) is 62.9 cm³/mol. The van der Waals surface area contributed by atoms with Gasteiger partial charge in [-0.3, -0.25) is 0 Å². The first-order valence-electron chi connectivity index (χ1n) is 6.35. The Morgan fingerprint density at radius 2 is 2.24 bits per heavy atom. The molecule has 0 N–H and O–H groups in total. The second-order valence-corrected chi connectivity index (χ2v) is 5.31. The van der Waals surface area contributed by atoms with Crippen LogP contribution in [0.5, 0.6) is 0 Å². The zero-order chi connectivity index (χ0) is 12.1. The topological polar surface area (TPSA) is 60.0 Å². The lowest BCUT2D eigenvalue weighted by Crippen LogP contribution is -2.31. The number of likely N-dealkylation sites (tertiary alicyclic amines) is 1. The Balaban J connectivity index is 1.80. The van der Waals surface area contributed by atoms with Gasteiger partial charge in [0.15, 0.2) is 0 Å². The molecule has 0 saturated carbocycles. The van der Waals surface area contributed by atoms with Gasteiger partial charge in [0, 0.05) is 31.5 Å². The van der Waals surface area contributed by atoms with E-state index in [2.05, 4.69) is 17.0 Å². The van der Waals surface area contributed by atoms with Crippen LogP contribution in [0, 0.1) is 34.0 Å². The Labute approximate surface area is 103 Å². The number of rotatable bonds is 4. The van der Waals surface area contributed by atoms with E-state index in [9.17, 15) is 0 Å². The van der Waals surface area contributed by atoms with E-state index in [1.54, 1.807) is 0 Å². The molecule has 92 valence electrons. The molecule has 2 aliphatic rings. The van der Waals surface area contributed by atoms with Gasteiger partial charge in [0.25, 0.3) is 0 Å². The molecule has 0 aromatic carbocycles. The lowest BCUT2D eigenvalue weighted by atomic mass is 9.87. The summed E-state index contributed by atoms with van der Waals surface area (Å²) in [6.45, 7) is 4.74. The summed E-state index contributed by atoms with van der Waals surface area (Å²) in [7, 11) is 0. The highest BCUT2D eigenvalue weighted by Crippen LogP contribution is 2.38. The number of hydrogen-bond donors (Lipinski definition) is 0. The Bertz CT molecular complexity index is 336. The van der Waals surface area contributed by atoms with Crippen LogP contribution in [0.3, 0.4) is 0 Å². The summed E-state index contributed by atoms with van der Waals surface area (Å²) in [5.74, 6) is 0.00659. The van der Waals surface area contributed by atoms with E-state index >= 15 is 0 Å². The van der Waals surface area contributed by atoms with Crippen LogP contribution in [0.15, 0.2) is 0 Å². The fraction of sp³-hybridized carbons (Fsp3) is 0.846. The lowest BCUT2D eigenvalue weighted by molar-refractivity contribution is 0.151. The van der Waals surface area contributed by atoms with Crippen LogP contribution in [0.1, 0.15) is 25.7 Å². The molecule has 0 bridgehead atoms. The number of ether oxygens (including phenoxy) is 1. The minimum absolute atomic E-state index is 0.00659. The Kier molecular flexibility index (Phi) is 3.99. The van der Waals surface area contributed by atoms with E-state index in [0.29, 0.717) is 18.3 Å². The summed E-state index contributed by atoms with van der Waals surface area (Å²) in [4.78, 5) is 2.37. The van der Waals surface area contributed by atoms with Crippen molar-refractivity contribution in [2.24, 2.45) is 11.3 Å². The highest BCUT2D eigenvalue weighted by atomic mass is 16.5. The quantitative estimate of drug-likeness (QED) is 0.739. The second kappa shape index (κ2) is 5.49. The van der Waals surface area contributed by atoms with Crippen molar-refractivity contribution < 1.29 is 4.74 Å². The molecule has 2 aliphatic heterocycles. The first-order valence-corrected chi connectivity index (χ1v) is 6.35. The van der Waals surface area contributed by atoms with Crippen molar-refractivity contribution >= 4 is 0 Å². The molecule has 2 fully saturated rings. The van der Waals surface area contributed by atoms with Gasteiger partial charge in [-0.05, 0) is 25.8 Å². The summed E-state index contributed by atoms with van der Waals surface area (Å²) < 4.78 is 5.49. The highest BCUT2D eigenvalue weighted by Gasteiger charge is 2.41. The Hall–Kier alpha value is -1.10. The van der Waals surface area contributed by atoms with Gasteiger partial charge in [0.1, 0.15) is 0 Å². The maximum atomic E-state index is 9.06. The van der Waals surface area contributed by atoms with Crippen LogP contribution in [0.25, 0.3) is 0 Å². The third kappa shape index (κ3) is 2.97. The van der Waals surface area contributed by atoms with Crippen molar-refractivity contribution in [1.29, 1.82) is 10.5 Å². The van der Waals surface area contributed by atoms with Gasteiger partial charge in [-0.2, -0.15) is 10.5 Å². The summed E-state index contributed by atoms with van der Waals surface area (Å²) in [5.41, 5.74) is 0.370. The molecule has 4 heteroatoms. The number of nitrogens with zero attached hydrogens (tertiary/aromatic N) is 3. The summed E-state index contributed by atoms with van der Waals surface area (Å²) in [6, 6.07) is 4.44. The standard InChI is InChI=1S/C13H19N3O/c14-5-1-2-12(8-15)9-16-6-3-13(10-16)4-7-17-11-13/h12H,1-4,6-7,9-11H2/t12-,13+/m0/s1. The molecule has 17 heavy (non-hydrogen) atoms. The first kappa shape index (κ1) is 12.4. The van der Waals surface area contributed by atoms with E-state index in [4.69, 9.17) is 15.3 Å². The van der Waals surface area contributed by atoms with Crippen LogP contribution in [-0.4, -0.2) is 37.7 Å². The molecule has 0 amide bonds. The Morgan fingerprint density at radius 1 is 1.35 bits per heavy atom.